The summed E-state index contributed by atoms with van der Waals surface area (Å²) in [5.41, 5.74) is 0. The van der Waals surface area contributed by atoms with Crippen LogP contribution in [0.2, 0.25) is 5.04 Å². The highest BCUT2D eigenvalue weighted by atomic mass is 28.4. The van der Waals surface area contributed by atoms with Crippen molar-refractivity contribution in [3.63, 3.8) is 0 Å². The van der Waals surface area contributed by atoms with Gasteiger partial charge in [-0.15, -0.1) is 0 Å². The van der Waals surface area contributed by atoms with E-state index in [2.05, 4.69) is 75.4 Å². The number of hydrogen-bond donors (Lipinski definition) is 0. The number of hydrogen-bond acceptors (Lipinski definition) is 2. The topological polar surface area (TPSA) is 26.3 Å². The first-order valence-electron chi connectivity index (χ1n) is 9.29. The Labute approximate surface area is 159 Å². The van der Waals surface area contributed by atoms with E-state index in [9.17, 15) is 4.79 Å². The van der Waals surface area contributed by atoms with Gasteiger partial charge in [0.05, 0.1) is 6.10 Å². The standard InChI is InChI=1S/C23H30O2Si/c1-5-6-13-20(18-19-24)25-26(23(2,3)4,21-14-9-7-10-15-21)22-16-11-8-12-17-22/h5-12,14-17,19-20H,13,18H2,1-4H3/b6-5-/t20-/m1/s1. The van der Waals surface area contributed by atoms with Crippen LogP contribution in [0.3, 0.4) is 0 Å². The monoisotopic (exact) mass is 366 g/mol. The molecule has 0 aliphatic rings. The number of rotatable bonds is 8. The molecule has 0 unspecified atom stereocenters. The van der Waals surface area contributed by atoms with Crippen molar-refractivity contribution in [3.05, 3.63) is 72.8 Å². The molecule has 0 spiro atoms. The predicted octanol–water partition coefficient (Wildman–Crippen LogP) is 4.49. The van der Waals surface area contributed by atoms with Crippen LogP contribution in [-0.4, -0.2) is 20.7 Å². The van der Waals surface area contributed by atoms with Crippen molar-refractivity contribution in [3.8, 4) is 0 Å². The van der Waals surface area contributed by atoms with Crippen LogP contribution in [0.4, 0.5) is 0 Å². The van der Waals surface area contributed by atoms with Crippen molar-refractivity contribution >= 4 is 25.0 Å². The summed E-state index contributed by atoms with van der Waals surface area (Å²) in [5, 5.41) is 2.41. The molecule has 0 heterocycles. The van der Waals surface area contributed by atoms with Crippen LogP contribution in [0.1, 0.15) is 40.5 Å². The van der Waals surface area contributed by atoms with Gasteiger partial charge in [0.2, 0.25) is 0 Å². The lowest BCUT2D eigenvalue weighted by Crippen LogP contribution is -2.67. The van der Waals surface area contributed by atoms with E-state index in [0.29, 0.717) is 6.42 Å². The third-order valence-electron chi connectivity index (χ3n) is 4.75. The summed E-state index contributed by atoms with van der Waals surface area (Å²) in [6.45, 7) is 8.77. The van der Waals surface area contributed by atoms with Crippen LogP contribution >= 0.6 is 0 Å². The number of allylic oxidation sites excluding steroid dienone is 1. The zero-order valence-corrected chi connectivity index (χ0v) is 17.3. The Morgan fingerprint density at radius 2 is 1.42 bits per heavy atom. The summed E-state index contributed by atoms with van der Waals surface area (Å²) < 4.78 is 6.97. The van der Waals surface area contributed by atoms with Crippen molar-refractivity contribution < 1.29 is 9.22 Å². The molecule has 0 radical (unpaired) electrons. The molecule has 0 aromatic heterocycles. The van der Waals surface area contributed by atoms with Crippen LogP contribution in [0.15, 0.2) is 72.8 Å². The maximum absolute atomic E-state index is 11.3. The molecular weight excluding hydrogens is 336 g/mol. The molecule has 0 aliphatic carbocycles. The summed E-state index contributed by atoms with van der Waals surface area (Å²) in [6.07, 6.45) is 6.13. The van der Waals surface area contributed by atoms with E-state index < -0.39 is 8.32 Å². The fourth-order valence-corrected chi connectivity index (χ4v) is 8.24. The molecule has 2 nitrogen and oxygen atoms in total. The molecule has 2 aromatic rings. The Bertz CT molecular complexity index is 662. The average molecular weight is 367 g/mol. The Morgan fingerprint density at radius 1 is 0.923 bits per heavy atom. The molecule has 0 fully saturated rings. The Morgan fingerprint density at radius 3 is 1.81 bits per heavy atom. The SMILES string of the molecule is C/C=C\C[C@H](CC=O)O[Si](c1ccccc1)(c1ccccc1)C(C)(C)C. The summed E-state index contributed by atoms with van der Waals surface area (Å²) >= 11 is 0. The van der Waals surface area contributed by atoms with E-state index in [0.717, 1.165) is 12.7 Å². The summed E-state index contributed by atoms with van der Waals surface area (Å²) in [5.74, 6) is 0. The normalized spacial score (nSPS) is 13.7. The van der Waals surface area contributed by atoms with Crippen molar-refractivity contribution in [1.29, 1.82) is 0 Å². The second-order valence-corrected chi connectivity index (χ2v) is 11.9. The van der Waals surface area contributed by atoms with E-state index >= 15 is 0 Å². The first kappa shape index (κ1) is 20.3. The molecule has 3 heteroatoms. The van der Waals surface area contributed by atoms with E-state index in [4.69, 9.17) is 4.43 Å². The van der Waals surface area contributed by atoms with Crippen molar-refractivity contribution in [2.24, 2.45) is 0 Å². The first-order chi connectivity index (χ1) is 12.5. The summed E-state index contributed by atoms with van der Waals surface area (Å²) in [7, 11) is -2.59. The van der Waals surface area contributed by atoms with Gasteiger partial charge >= 0.3 is 0 Å². The predicted molar refractivity (Wildman–Crippen MR) is 113 cm³/mol. The van der Waals surface area contributed by atoms with Gasteiger partial charge in [-0.1, -0.05) is 93.6 Å². The van der Waals surface area contributed by atoms with Crippen LogP contribution in [0, 0.1) is 0 Å². The highest BCUT2D eigenvalue weighted by Gasteiger charge is 2.51. The molecule has 0 saturated carbocycles. The molecule has 1 atom stereocenters. The quantitative estimate of drug-likeness (QED) is 0.391. The number of aldehydes is 1. The maximum Gasteiger partial charge on any atom is 0.261 e. The Balaban J connectivity index is 2.65. The highest BCUT2D eigenvalue weighted by Crippen LogP contribution is 2.38. The molecule has 0 amide bonds. The molecule has 0 N–H and O–H groups in total. The largest absolute Gasteiger partial charge is 0.404 e. The minimum Gasteiger partial charge on any atom is -0.404 e. The van der Waals surface area contributed by atoms with Gasteiger partial charge in [0.25, 0.3) is 8.32 Å². The molecule has 0 aliphatic heterocycles. The van der Waals surface area contributed by atoms with Gasteiger partial charge < -0.3 is 9.22 Å². The summed E-state index contributed by atoms with van der Waals surface area (Å²) in [6, 6.07) is 21.1. The zero-order chi connectivity index (χ0) is 19.0. The van der Waals surface area contributed by atoms with E-state index in [1.165, 1.54) is 10.4 Å². The smallest absolute Gasteiger partial charge is 0.261 e. The Hall–Kier alpha value is -1.97. The van der Waals surface area contributed by atoms with Gasteiger partial charge in [0.1, 0.15) is 6.29 Å². The van der Waals surface area contributed by atoms with E-state index in [1.54, 1.807) is 0 Å². The lowest BCUT2D eigenvalue weighted by atomic mass is 10.2. The van der Waals surface area contributed by atoms with Crippen LogP contribution < -0.4 is 10.4 Å². The number of carbonyl (C=O) groups excluding carboxylic acids is 1. The van der Waals surface area contributed by atoms with Gasteiger partial charge in [-0.05, 0) is 28.8 Å². The lowest BCUT2D eigenvalue weighted by molar-refractivity contribution is -0.109. The molecule has 2 rings (SSSR count). The van der Waals surface area contributed by atoms with Crippen LogP contribution in [0.5, 0.6) is 0 Å². The van der Waals surface area contributed by atoms with Gasteiger partial charge in [0, 0.05) is 6.42 Å². The fraction of sp³-hybridized carbons (Fsp3) is 0.348. The zero-order valence-electron chi connectivity index (χ0n) is 16.3. The van der Waals surface area contributed by atoms with Crippen molar-refractivity contribution in [2.75, 3.05) is 0 Å². The maximum atomic E-state index is 11.3. The summed E-state index contributed by atoms with van der Waals surface area (Å²) in [4.78, 5) is 11.3. The number of benzene rings is 2. The van der Waals surface area contributed by atoms with Crippen LogP contribution in [0.25, 0.3) is 0 Å². The molecular formula is C23H30O2Si. The van der Waals surface area contributed by atoms with Gasteiger partial charge in [0.15, 0.2) is 0 Å². The third-order valence-corrected chi connectivity index (χ3v) is 9.85. The Kier molecular flexibility index (Phi) is 7.12. The fourth-order valence-electron chi connectivity index (χ4n) is 3.53. The first-order valence-corrected chi connectivity index (χ1v) is 11.2. The third kappa shape index (κ3) is 4.40. The minimum absolute atomic E-state index is 0.0766. The van der Waals surface area contributed by atoms with Crippen molar-refractivity contribution in [2.45, 2.75) is 51.7 Å². The van der Waals surface area contributed by atoms with Gasteiger partial charge in [-0.2, -0.15) is 0 Å². The van der Waals surface area contributed by atoms with E-state index in [-0.39, 0.29) is 11.1 Å². The highest BCUT2D eigenvalue weighted by molar-refractivity contribution is 6.99. The molecule has 138 valence electrons. The second kappa shape index (κ2) is 9.11. The second-order valence-electron chi connectivity index (χ2n) is 7.61. The average Bonchev–Trinajstić information content (AvgIpc) is 2.64. The van der Waals surface area contributed by atoms with E-state index in [1.807, 2.05) is 25.1 Å². The molecule has 0 bridgehead atoms. The lowest BCUT2D eigenvalue weighted by Gasteiger charge is -2.45. The van der Waals surface area contributed by atoms with Crippen LogP contribution in [-0.2, 0) is 9.22 Å². The minimum atomic E-state index is -2.59. The van der Waals surface area contributed by atoms with Gasteiger partial charge in [-0.3, -0.25) is 0 Å². The molecule has 26 heavy (non-hydrogen) atoms. The van der Waals surface area contributed by atoms with Crippen molar-refractivity contribution in [1.82, 2.24) is 0 Å². The molecule has 2 aromatic carbocycles. The molecule has 0 saturated heterocycles. The number of carbonyl (C=O) groups is 1. The van der Waals surface area contributed by atoms with Gasteiger partial charge in [-0.25, -0.2) is 0 Å².